The van der Waals surface area contributed by atoms with E-state index < -0.39 is 11.6 Å². The van der Waals surface area contributed by atoms with Crippen molar-refractivity contribution < 1.29 is 24.2 Å². The second-order valence-electron chi connectivity index (χ2n) is 8.33. The van der Waals surface area contributed by atoms with Crippen LogP contribution in [0.3, 0.4) is 0 Å². The van der Waals surface area contributed by atoms with Crippen LogP contribution in [0.25, 0.3) is 0 Å². The monoisotopic (exact) mass is 344 g/mol. The van der Waals surface area contributed by atoms with Crippen LogP contribution in [0.4, 0.5) is 0 Å². The molecule has 1 N–H and O–H groups in total. The van der Waals surface area contributed by atoms with E-state index in [9.17, 15) is 14.7 Å². The van der Waals surface area contributed by atoms with Crippen molar-refractivity contribution >= 4 is 11.9 Å². The van der Waals surface area contributed by atoms with Crippen molar-refractivity contribution in [3.05, 3.63) is 35.4 Å². The standard InChI is InChI=1S/C20H24O5/c1-24-17(21)15-2-4-16(5-3-15)18(22)25-12-19-7-13-6-14(8-19)10-20(23,9-13)11-19/h2-5,13-14,23H,6-12H2,1H3. The van der Waals surface area contributed by atoms with Gasteiger partial charge in [0.25, 0.3) is 0 Å². The Morgan fingerprint density at radius 3 is 2.12 bits per heavy atom. The molecule has 5 heteroatoms. The Morgan fingerprint density at radius 2 is 1.60 bits per heavy atom. The van der Waals surface area contributed by atoms with Gasteiger partial charge in [-0.3, -0.25) is 0 Å². The Kier molecular flexibility index (Phi) is 3.87. The molecule has 4 aliphatic carbocycles. The van der Waals surface area contributed by atoms with Crippen LogP contribution in [0.2, 0.25) is 0 Å². The van der Waals surface area contributed by atoms with Gasteiger partial charge in [-0.1, -0.05) is 0 Å². The number of methoxy groups -OCH3 is 1. The fourth-order valence-electron chi connectivity index (χ4n) is 5.73. The van der Waals surface area contributed by atoms with Gasteiger partial charge < -0.3 is 14.6 Å². The molecule has 0 spiro atoms. The highest BCUT2D eigenvalue weighted by atomic mass is 16.5. The number of hydrogen-bond donors (Lipinski definition) is 1. The molecular weight excluding hydrogens is 320 g/mol. The highest BCUT2D eigenvalue weighted by Crippen LogP contribution is 2.61. The summed E-state index contributed by atoms with van der Waals surface area (Å²) in [5, 5.41) is 10.8. The molecule has 25 heavy (non-hydrogen) atoms. The van der Waals surface area contributed by atoms with Gasteiger partial charge in [0.2, 0.25) is 0 Å². The fraction of sp³-hybridized carbons (Fsp3) is 0.600. The van der Waals surface area contributed by atoms with Crippen molar-refractivity contribution in [3.8, 4) is 0 Å². The van der Waals surface area contributed by atoms with E-state index in [0.29, 0.717) is 29.6 Å². The Hall–Kier alpha value is -1.88. The third-order valence-electron chi connectivity index (χ3n) is 6.20. The zero-order valence-electron chi connectivity index (χ0n) is 14.5. The first-order valence-electron chi connectivity index (χ1n) is 8.98. The number of esters is 2. The van der Waals surface area contributed by atoms with Gasteiger partial charge in [-0.15, -0.1) is 0 Å². The quantitative estimate of drug-likeness (QED) is 0.850. The number of ether oxygens (including phenoxy) is 2. The highest BCUT2D eigenvalue weighted by Gasteiger charge is 2.57. The van der Waals surface area contributed by atoms with Crippen LogP contribution in [0.5, 0.6) is 0 Å². The molecule has 2 unspecified atom stereocenters. The van der Waals surface area contributed by atoms with Crippen molar-refractivity contribution in [2.75, 3.05) is 13.7 Å². The maximum Gasteiger partial charge on any atom is 0.338 e. The molecule has 5 nitrogen and oxygen atoms in total. The van der Waals surface area contributed by atoms with Crippen molar-refractivity contribution in [1.82, 2.24) is 0 Å². The van der Waals surface area contributed by atoms with E-state index >= 15 is 0 Å². The Balaban J connectivity index is 1.41. The van der Waals surface area contributed by atoms with Crippen molar-refractivity contribution in [3.63, 3.8) is 0 Å². The van der Waals surface area contributed by atoms with Gasteiger partial charge in [0.1, 0.15) is 0 Å². The van der Waals surface area contributed by atoms with Gasteiger partial charge in [0, 0.05) is 5.41 Å². The number of rotatable bonds is 4. The zero-order chi connectivity index (χ0) is 17.7. The Bertz CT molecular complexity index is 679. The lowest BCUT2D eigenvalue weighted by molar-refractivity contribution is -0.175. The molecule has 1 aromatic rings. The molecule has 0 amide bonds. The van der Waals surface area contributed by atoms with Crippen LogP contribution in [0.15, 0.2) is 24.3 Å². The molecule has 4 saturated carbocycles. The van der Waals surface area contributed by atoms with E-state index in [2.05, 4.69) is 4.74 Å². The molecule has 0 saturated heterocycles. The third-order valence-corrected chi connectivity index (χ3v) is 6.20. The number of aliphatic hydroxyl groups is 1. The second-order valence-corrected chi connectivity index (χ2v) is 8.33. The van der Waals surface area contributed by atoms with Gasteiger partial charge in [-0.25, -0.2) is 9.59 Å². The predicted octanol–water partition coefficient (Wildman–Crippen LogP) is 2.96. The van der Waals surface area contributed by atoms with Gasteiger partial charge in [0.15, 0.2) is 0 Å². The number of carbonyl (C=O) groups excluding carboxylic acids is 2. The van der Waals surface area contributed by atoms with E-state index in [1.54, 1.807) is 24.3 Å². The lowest BCUT2D eigenvalue weighted by Crippen LogP contribution is -2.57. The minimum atomic E-state index is -0.543. The Morgan fingerprint density at radius 1 is 1.04 bits per heavy atom. The molecule has 4 bridgehead atoms. The molecule has 0 radical (unpaired) electrons. The topological polar surface area (TPSA) is 72.8 Å². The van der Waals surface area contributed by atoms with Crippen molar-refractivity contribution in [2.45, 2.75) is 44.1 Å². The molecule has 134 valence electrons. The first-order valence-corrected chi connectivity index (χ1v) is 8.98. The van der Waals surface area contributed by atoms with E-state index in [1.165, 1.54) is 13.5 Å². The lowest BCUT2D eigenvalue weighted by atomic mass is 9.48. The average molecular weight is 344 g/mol. The van der Waals surface area contributed by atoms with E-state index in [4.69, 9.17) is 4.74 Å². The van der Waals surface area contributed by atoms with Gasteiger partial charge in [0.05, 0.1) is 30.4 Å². The molecule has 1 aromatic carbocycles. The second kappa shape index (κ2) is 5.84. The SMILES string of the molecule is COC(=O)c1ccc(C(=O)OCC23CC4CC(CC(O)(C4)C2)C3)cc1. The number of hydrogen-bond acceptors (Lipinski definition) is 5. The molecule has 0 aliphatic heterocycles. The van der Waals surface area contributed by atoms with Crippen LogP contribution < -0.4 is 0 Å². The smallest absolute Gasteiger partial charge is 0.338 e. The summed E-state index contributed by atoms with van der Waals surface area (Å²) in [6.07, 6.45) is 5.90. The summed E-state index contributed by atoms with van der Waals surface area (Å²) in [6.45, 7) is 0.375. The third kappa shape index (κ3) is 3.06. The van der Waals surface area contributed by atoms with E-state index in [0.717, 1.165) is 32.1 Å². The number of carbonyl (C=O) groups is 2. The maximum absolute atomic E-state index is 12.4. The molecular formula is C20H24O5. The van der Waals surface area contributed by atoms with Crippen LogP contribution in [-0.4, -0.2) is 36.4 Å². The molecule has 0 heterocycles. The summed E-state index contributed by atoms with van der Waals surface area (Å²) in [4.78, 5) is 23.8. The average Bonchev–Trinajstić information content (AvgIpc) is 2.57. The molecule has 2 atom stereocenters. The van der Waals surface area contributed by atoms with Crippen molar-refractivity contribution in [2.24, 2.45) is 17.3 Å². The molecule has 4 aliphatic rings. The van der Waals surface area contributed by atoms with Gasteiger partial charge in [-0.05, 0) is 74.6 Å². The van der Waals surface area contributed by atoms with E-state index in [1.807, 2.05) is 0 Å². The van der Waals surface area contributed by atoms with E-state index in [-0.39, 0.29) is 11.4 Å². The highest BCUT2D eigenvalue weighted by molar-refractivity contribution is 5.93. The summed E-state index contributed by atoms with van der Waals surface area (Å²) < 4.78 is 10.3. The Labute approximate surface area is 147 Å². The van der Waals surface area contributed by atoms with Crippen LogP contribution in [0.1, 0.15) is 59.2 Å². The first kappa shape index (κ1) is 16.6. The summed E-state index contributed by atoms with van der Waals surface area (Å²) in [5.41, 5.74) is 0.234. The normalized spacial score (nSPS) is 35.4. The fourth-order valence-corrected chi connectivity index (χ4v) is 5.73. The zero-order valence-corrected chi connectivity index (χ0v) is 14.5. The first-order chi connectivity index (χ1) is 11.9. The summed E-state index contributed by atoms with van der Waals surface area (Å²) in [7, 11) is 1.32. The maximum atomic E-state index is 12.4. The summed E-state index contributed by atoms with van der Waals surface area (Å²) in [5.74, 6) is 0.342. The minimum Gasteiger partial charge on any atom is -0.465 e. The van der Waals surface area contributed by atoms with Crippen LogP contribution in [0, 0.1) is 17.3 Å². The van der Waals surface area contributed by atoms with Gasteiger partial charge >= 0.3 is 11.9 Å². The minimum absolute atomic E-state index is 0.0551. The van der Waals surface area contributed by atoms with Gasteiger partial charge in [-0.2, -0.15) is 0 Å². The lowest BCUT2D eigenvalue weighted by Gasteiger charge is -2.59. The van der Waals surface area contributed by atoms with Crippen LogP contribution >= 0.6 is 0 Å². The number of benzene rings is 1. The molecule has 4 fully saturated rings. The summed E-state index contributed by atoms with van der Waals surface area (Å²) >= 11 is 0. The summed E-state index contributed by atoms with van der Waals surface area (Å²) in [6, 6.07) is 6.30. The largest absolute Gasteiger partial charge is 0.465 e. The predicted molar refractivity (Wildman–Crippen MR) is 90.1 cm³/mol. The van der Waals surface area contributed by atoms with Crippen molar-refractivity contribution in [1.29, 1.82) is 0 Å². The molecule has 5 rings (SSSR count). The van der Waals surface area contributed by atoms with Crippen LogP contribution in [-0.2, 0) is 9.47 Å². The molecule has 0 aromatic heterocycles.